The molecular formula is C22H17N5O2. The number of carbonyl (C=O) groups excluding carboxylic acids is 1. The summed E-state index contributed by atoms with van der Waals surface area (Å²) in [5.74, 6) is 0.260. The first-order valence-corrected chi connectivity index (χ1v) is 9.09. The zero-order valence-corrected chi connectivity index (χ0v) is 15.6. The Hall–Kier alpha value is -4.13. The van der Waals surface area contributed by atoms with E-state index < -0.39 is 0 Å². The molecule has 0 aliphatic carbocycles. The van der Waals surface area contributed by atoms with Gasteiger partial charge in [0.1, 0.15) is 0 Å². The van der Waals surface area contributed by atoms with E-state index in [1.807, 2.05) is 48.8 Å². The predicted molar refractivity (Wildman–Crippen MR) is 111 cm³/mol. The van der Waals surface area contributed by atoms with Crippen molar-refractivity contribution in [2.45, 2.75) is 0 Å². The van der Waals surface area contributed by atoms with Crippen LogP contribution in [0.1, 0.15) is 10.4 Å². The Labute approximate surface area is 166 Å². The summed E-state index contributed by atoms with van der Waals surface area (Å²) in [7, 11) is 1.36. The quantitative estimate of drug-likeness (QED) is 0.449. The highest BCUT2D eigenvalue weighted by Gasteiger charge is 2.10. The lowest BCUT2D eigenvalue weighted by atomic mass is 10.1. The number of aromatic nitrogens is 4. The fourth-order valence-electron chi connectivity index (χ4n) is 3.34. The maximum absolute atomic E-state index is 11.8. The number of H-pyrrole nitrogens is 1. The Morgan fingerprint density at radius 3 is 2.93 bits per heavy atom. The third-order valence-corrected chi connectivity index (χ3v) is 4.77. The van der Waals surface area contributed by atoms with Crippen LogP contribution in [0.3, 0.4) is 0 Å². The van der Waals surface area contributed by atoms with Gasteiger partial charge in [0, 0.05) is 28.4 Å². The first kappa shape index (κ1) is 17.0. The summed E-state index contributed by atoms with van der Waals surface area (Å²) in [5, 5.41) is 9.06. The number of ether oxygens (including phenoxy) is 1. The Morgan fingerprint density at radius 2 is 2.03 bits per heavy atom. The predicted octanol–water partition coefficient (Wildman–Crippen LogP) is 4.41. The maximum atomic E-state index is 11.8. The molecule has 0 amide bonds. The number of hydrogen-bond donors (Lipinski definition) is 2. The number of carbonyl (C=O) groups is 1. The minimum atomic E-state index is -0.380. The van der Waals surface area contributed by atoms with Crippen molar-refractivity contribution in [2.24, 2.45) is 0 Å². The number of esters is 1. The van der Waals surface area contributed by atoms with Gasteiger partial charge in [0.25, 0.3) is 0 Å². The van der Waals surface area contributed by atoms with Gasteiger partial charge in [-0.2, -0.15) is 0 Å². The highest BCUT2D eigenvalue weighted by Crippen LogP contribution is 2.25. The van der Waals surface area contributed by atoms with Crippen molar-refractivity contribution in [3.63, 3.8) is 0 Å². The number of imidazole rings is 1. The number of methoxy groups -OCH3 is 1. The molecule has 0 saturated heterocycles. The molecule has 29 heavy (non-hydrogen) atoms. The van der Waals surface area contributed by atoms with Crippen molar-refractivity contribution >= 4 is 34.0 Å². The van der Waals surface area contributed by atoms with Crippen LogP contribution in [-0.4, -0.2) is 32.7 Å². The molecule has 0 fully saturated rings. The standard InChI is InChI=1S/C22H17N5O2/c1-29-22(28)16-3-2-4-17(12-16)25-20-7-8-21-24-13-19(27(21)26-20)15-5-6-18-14(11-15)9-10-23-18/h2-13,23H,1H3,(H,25,26). The first-order chi connectivity index (χ1) is 14.2. The van der Waals surface area contributed by atoms with Crippen molar-refractivity contribution in [1.29, 1.82) is 0 Å². The number of nitrogens with zero attached hydrogens (tertiary/aromatic N) is 3. The summed E-state index contributed by atoms with van der Waals surface area (Å²) in [4.78, 5) is 19.4. The highest BCUT2D eigenvalue weighted by molar-refractivity contribution is 5.90. The number of nitrogens with one attached hydrogen (secondary N) is 2. The van der Waals surface area contributed by atoms with Gasteiger partial charge in [0.15, 0.2) is 11.5 Å². The van der Waals surface area contributed by atoms with Crippen LogP contribution in [-0.2, 0) is 4.74 Å². The molecule has 0 unspecified atom stereocenters. The zero-order chi connectivity index (χ0) is 19.8. The minimum absolute atomic E-state index is 0.380. The fraction of sp³-hybridized carbons (Fsp3) is 0.0455. The summed E-state index contributed by atoms with van der Waals surface area (Å²) >= 11 is 0. The van der Waals surface area contributed by atoms with Crippen LogP contribution in [0.4, 0.5) is 11.5 Å². The first-order valence-electron chi connectivity index (χ1n) is 9.09. The van der Waals surface area contributed by atoms with E-state index in [4.69, 9.17) is 4.74 Å². The molecule has 2 aromatic carbocycles. The van der Waals surface area contributed by atoms with Gasteiger partial charge >= 0.3 is 5.97 Å². The van der Waals surface area contributed by atoms with Crippen molar-refractivity contribution in [3.05, 3.63) is 78.6 Å². The maximum Gasteiger partial charge on any atom is 0.337 e. The normalized spacial score (nSPS) is 11.1. The van der Waals surface area contributed by atoms with Crippen molar-refractivity contribution in [2.75, 3.05) is 12.4 Å². The lowest BCUT2D eigenvalue weighted by Crippen LogP contribution is -2.03. The molecule has 0 bridgehead atoms. The van der Waals surface area contributed by atoms with E-state index in [0.717, 1.165) is 33.5 Å². The van der Waals surface area contributed by atoms with E-state index in [-0.39, 0.29) is 5.97 Å². The van der Waals surface area contributed by atoms with Crippen LogP contribution >= 0.6 is 0 Å². The molecule has 3 heterocycles. The second kappa shape index (κ2) is 6.79. The van der Waals surface area contributed by atoms with Gasteiger partial charge in [-0.15, -0.1) is 5.10 Å². The Kier molecular flexibility index (Phi) is 3.98. The van der Waals surface area contributed by atoms with E-state index in [2.05, 4.69) is 26.4 Å². The van der Waals surface area contributed by atoms with E-state index in [9.17, 15) is 4.79 Å². The number of benzene rings is 2. The summed E-state index contributed by atoms with van der Waals surface area (Å²) in [6, 6.07) is 19.1. The summed E-state index contributed by atoms with van der Waals surface area (Å²) in [5.41, 5.74) is 4.99. The zero-order valence-electron chi connectivity index (χ0n) is 15.6. The van der Waals surface area contributed by atoms with Crippen molar-refractivity contribution < 1.29 is 9.53 Å². The van der Waals surface area contributed by atoms with Gasteiger partial charge in [0.05, 0.1) is 24.6 Å². The molecule has 5 rings (SSSR count). The second-order valence-corrected chi connectivity index (χ2v) is 6.61. The third-order valence-electron chi connectivity index (χ3n) is 4.77. The van der Waals surface area contributed by atoms with Crippen LogP contribution < -0.4 is 5.32 Å². The van der Waals surface area contributed by atoms with Crippen LogP contribution in [0, 0.1) is 0 Å². The number of hydrogen-bond acceptors (Lipinski definition) is 5. The van der Waals surface area contributed by atoms with Crippen LogP contribution in [0.15, 0.2) is 73.1 Å². The Balaban J connectivity index is 1.52. The van der Waals surface area contributed by atoms with E-state index in [0.29, 0.717) is 11.4 Å². The SMILES string of the molecule is COC(=O)c1cccc(Nc2ccc3ncc(-c4ccc5[nH]ccc5c4)n3n2)c1. The van der Waals surface area contributed by atoms with Gasteiger partial charge in [0.2, 0.25) is 0 Å². The van der Waals surface area contributed by atoms with Gasteiger partial charge in [-0.25, -0.2) is 14.3 Å². The number of aromatic amines is 1. The van der Waals surface area contributed by atoms with Crippen LogP contribution in [0.5, 0.6) is 0 Å². The van der Waals surface area contributed by atoms with E-state index >= 15 is 0 Å². The minimum Gasteiger partial charge on any atom is -0.465 e. The van der Waals surface area contributed by atoms with Gasteiger partial charge in [-0.05, 0) is 48.5 Å². The largest absolute Gasteiger partial charge is 0.465 e. The average molecular weight is 383 g/mol. The molecule has 2 N–H and O–H groups in total. The fourth-order valence-corrected chi connectivity index (χ4v) is 3.34. The molecule has 7 heteroatoms. The molecule has 0 atom stereocenters. The number of fused-ring (bicyclic) bond motifs is 2. The lowest BCUT2D eigenvalue weighted by Gasteiger charge is -2.08. The van der Waals surface area contributed by atoms with Crippen molar-refractivity contribution in [3.8, 4) is 11.3 Å². The Morgan fingerprint density at radius 1 is 1.10 bits per heavy atom. The number of anilines is 2. The summed E-state index contributed by atoms with van der Waals surface area (Å²) in [6.45, 7) is 0. The van der Waals surface area contributed by atoms with Gasteiger partial charge in [-0.1, -0.05) is 12.1 Å². The summed E-state index contributed by atoms with van der Waals surface area (Å²) < 4.78 is 6.59. The summed E-state index contributed by atoms with van der Waals surface area (Å²) in [6.07, 6.45) is 3.74. The monoisotopic (exact) mass is 383 g/mol. The molecule has 0 aliphatic heterocycles. The molecular weight excluding hydrogens is 366 g/mol. The molecule has 142 valence electrons. The lowest BCUT2D eigenvalue weighted by molar-refractivity contribution is 0.0601. The van der Waals surface area contributed by atoms with E-state index in [1.165, 1.54) is 7.11 Å². The van der Waals surface area contributed by atoms with Gasteiger partial charge < -0.3 is 15.0 Å². The van der Waals surface area contributed by atoms with Crippen LogP contribution in [0.2, 0.25) is 0 Å². The molecule has 0 radical (unpaired) electrons. The smallest absolute Gasteiger partial charge is 0.337 e. The average Bonchev–Trinajstić information content (AvgIpc) is 3.39. The van der Waals surface area contributed by atoms with E-state index in [1.54, 1.807) is 22.7 Å². The van der Waals surface area contributed by atoms with Gasteiger partial charge in [-0.3, -0.25) is 0 Å². The molecule has 0 saturated carbocycles. The van der Waals surface area contributed by atoms with Crippen LogP contribution in [0.25, 0.3) is 27.8 Å². The van der Waals surface area contributed by atoms with Crippen molar-refractivity contribution in [1.82, 2.24) is 19.6 Å². The molecule has 0 aliphatic rings. The topological polar surface area (TPSA) is 84.3 Å². The Bertz CT molecular complexity index is 1350. The molecule has 0 spiro atoms. The number of rotatable bonds is 4. The highest BCUT2D eigenvalue weighted by atomic mass is 16.5. The third kappa shape index (κ3) is 3.08. The molecule has 5 aromatic rings. The molecule has 3 aromatic heterocycles. The second-order valence-electron chi connectivity index (χ2n) is 6.61. The molecule has 7 nitrogen and oxygen atoms in total.